The molecule has 0 fully saturated rings. The van der Waals surface area contributed by atoms with Gasteiger partial charge in [-0.25, -0.2) is 4.39 Å². The van der Waals surface area contributed by atoms with Crippen molar-refractivity contribution in [2.45, 2.75) is 12.5 Å². The quantitative estimate of drug-likeness (QED) is 0.939. The van der Waals surface area contributed by atoms with Crippen LogP contribution in [0.3, 0.4) is 0 Å². The van der Waals surface area contributed by atoms with Crippen LogP contribution in [0, 0.1) is 5.82 Å². The Labute approximate surface area is 119 Å². The van der Waals surface area contributed by atoms with E-state index in [1.807, 2.05) is 18.2 Å². The van der Waals surface area contributed by atoms with Crippen LogP contribution < -0.4 is 10.5 Å². The number of pyridine rings is 1. The smallest absolute Gasteiger partial charge is 0.141 e. The van der Waals surface area contributed by atoms with E-state index in [0.717, 1.165) is 15.8 Å². The summed E-state index contributed by atoms with van der Waals surface area (Å²) in [6, 6.07) is 8.39. The third-order valence-electron chi connectivity index (χ3n) is 2.82. The Hall–Kier alpha value is -1.46. The summed E-state index contributed by atoms with van der Waals surface area (Å²) in [5, 5.41) is 0. The molecule has 0 aliphatic heterocycles. The van der Waals surface area contributed by atoms with E-state index in [4.69, 9.17) is 10.5 Å². The molecule has 0 aliphatic rings. The van der Waals surface area contributed by atoms with E-state index in [-0.39, 0.29) is 11.9 Å². The molecule has 2 N–H and O–H groups in total. The van der Waals surface area contributed by atoms with Crippen molar-refractivity contribution in [2.75, 3.05) is 7.11 Å². The van der Waals surface area contributed by atoms with Crippen molar-refractivity contribution in [1.82, 2.24) is 4.98 Å². The fraction of sp³-hybridized carbons (Fsp3) is 0.214. The first-order valence-electron chi connectivity index (χ1n) is 5.79. The minimum Gasteiger partial charge on any atom is -0.497 e. The predicted octanol–water partition coefficient (Wildman–Crippen LogP) is 3.23. The molecule has 0 radical (unpaired) electrons. The van der Waals surface area contributed by atoms with Crippen LogP contribution >= 0.6 is 15.9 Å². The molecule has 1 unspecified atom stereocenters. The number of halogens is 2. The van der Waals surface area contributed by atoms with Gasteiger partial charge in [0.1, 0.15) is 11.6 Å². The molecule has 1 atom stereocenters. The van der Waals surface area contributed by atoms with Gasteiger partial charge < -0.3 is 10.5 Å². The Kier molecular flexibility index (Phi) is 4.50. The van der Waals surface area contributed by atoms with Crippen molar-refractivity contribution >= 4 is 15.9 Å². The molecule has 1 aromatic carbocycles. The lowest BCUT2D eigenvalue weighted by molar-refractivity contribution is 0.414. The zero-order chi connectivity index (χ0) is 13.8. The Morgan fingerprint density at radius 3 is 2.79 bits per heavy atom. The Morgan fingerprint density at radius 1 is 1.37 bits per heavy atom. The summed E-state index contributed by atoms with van der Waals surface area (Å²) in [5.74, 6) is 0.413. The molecule has 19 heavy (non-hydrogen) atoms. The highest BCUT2D eigenvalue weighted by atomic mass is 79.9. The van der Waals surface area contributed by atoms with Gasteiger partial charge >= 0.3 is 0 Å². The number of methoxy groups -OCH3 is 1. The number of ether oxygens (including phenoxy) is 1. The maximum absolute atomic E-state index is 12.8. The van der Waals surface area contributed by atoms with Gasteiger partial charge in [-0.3, -0.25) is 4.98 Å². The largest absolute Gasteiger partial charge is 0.497 e. The Bertz CT molecular complexity index is 560. The van der Waals surface area contributed by atoms with E-state index in [1.165, 1.54) is 12.3 Å². The molecule has 100 valence electrons. The van der Waals surface area contributed by atoms with Gasteiger partial charge in [-0.1, -0.05) is 15.9 Å². The molecule has 0 saturated heterocycles. The molecule has 2 rings (SSSR count). The van der Waals surface area contributed by atoms with Crippen molar-refractivity contribution in [3.05, 3.63) is 58.1 Å². The number of nitrogens with two attached hydrogens (primary N) is 1. The Morgan fingerprint density at radius 2 is 2.16 bits per heavy atom. The lowest BCUT2D eigenvalue weighted by Gasteiger charge is -2.13. The lowest BCUT2D eigenvalue weighted by atomic mass is 10.0. The van der Waals surface area contributed by atoms with Crippen molar-refractivity contribution < 1.29 is 9.13 Å². The van der Waals surface area contributed by atoms with Crippen molar-refractivity contribution in [3.63, 3.8) is 0 Å². The fourth-order valence-electron chi connectivity index (χ4n) is 1.78. The molecule has 0 amide bonds. The predicted molar refractivity (Wildman–Crippen MR) is 75.5 cm³/mol. The normalized spacial score (nSPS) is 12.2. The average Bonchev–Trinajstić information content (AvgIpc) is 2.42. The summed E-state index contributed by atoms with van der Waals surface area (Å²) in [4.78, 5) is 4.00. The van der Waals surface area contributed by atoms with Crippen LogP contribution in [0.5, 0.6) is 5.75 Å². The summed E-state index contributed by atoms with van der Waals surface area (Å²) >= 11 is 3.48. The van der Waals surface area contributed by atoms with Crippen molar-refractivity contribution in [3.8, 4) is 5.75 Å². The SMILES string of the molecule is COc1ccc(Br)c(CC(N)c2ccc(F)cn2)c1. The first kappa shape index (κ1) is 14.0. The highest BCUT2D eigenvalue weighted by molar-refractivity contribution is 9.10. The Balaban J connectivity index is 2.18. The summed E-state index contributed by atoms with van der Waals surface area (Å²) < 4.78 is 19.0. The summed E-state index contributed by atoms with van der Waals surface area (Å²) in [5.41, 5.74) is 7.78. The second-order valence-corrected chi connectivity index (χ2v) is 5.02. The van der Waals surface area contributed by atoms with Gasteiger partial charge in [0.25, 0.3) is 0 Å². The number of hydrogen-bond donors (Lipinski definition) is 1. The molecular weight excluding hydrogens is 311 g/mol. The molecule has 1 heterocycles. The number of hydrogen-bond acceptors (Lipinski definition) is 3. The summed E-state index contributed by atoms with van der Waals surface area (Å²) in [6.45, 7) is 0. The molecule has 5 heteroatoms. The molecular formula is C14H14BrFN2O. The van der Waals surface area contributed by atoms with Crippen LogP contribution in [-0.2, 0) is 6.42 Å². The van der Waals surface area contributed by atoms with Crippen LogP contribution in [-0.4, -0.2) is 12.1 Å². The molecule has 0 spiro atoms. The van der Waals surface area contributed by atoms with Gasteiger partial charge in [0, 0.05) is 4.47 Å². The van der Waals surface area contributed by atoms with Gasteiger partial charge in [0.05, 0.1) is 25.0 Å². The number of nitrogens with zero attached hydrogens (tertiary/aromatic N) is 1. The van der Waals surface area contributed by atoms with Gasteiger partial charge in [-0.15, -0.1) is 0 Å². The van der Waals surface area contributed by atoms with Crippen LogP contribution in [0.15, 0.2) is 41.0 Å². The van der Waals surface area contributed by atoms with Crippen LogP contribution in [0.2, 0.25) is 0 Å². The van der Waals surface area contributed by atoms with Gasteiger partial charge in [-0.2, -0.15) is 0 Å². The van der Waals surface area contributed by atoms with Crippen molar-refractivity contribution in [1.29, 1.82) is 0 Å². The number of aromatic nitrogens is 1. The third kappa shape index (κ3) is 3.52. The van der Waals surface area contributed by atoms with Gasteiger partial charge in [0.15, 0.2) is 0 Å². The average molecular weight is 325 g/mol. The molecule has 0 bridgehead atoms. The minimum absolute atomic E-state index is 0.288. The first-order chi connectivity index (χ1) is 9.10. The highest BCUT2D eigenvalue weighted by Gasteiger charge is 2.11. The zero-order valence-corrected chi connectivity index (χ0v) is 12.0. The fourth-order valence-corrected chi connectivity index (χ4v) is 2.19. The number of rotatable bonds is 4. The molecule has 2 aromatic rings. The van der Waals surface area contributed by atoms with Gasteiger partial charge in [0.2, 0.25) is 0 Å². The zero-order valence-electron chi connectivity index (χ0n) is 10.4. The maximum Gasteiger partial charge on any atom is 0.141 e. The molecule has 1 aromatic heterocycles. The van der Waals surface area contributed by atoms with Crippen LogP contribution in [0.25, 0.3) is 0 Å². The van der Waals surface area contributed by atoms with Crippen molar-refractivity contribution in [2.24, 2.45) is 5.73 Å². The van der Waals surface area contributed by atoms with E-state index in [9.17, 15) is 4.39 Å². The van der Waals surface area contributed by atoms with E-state index in [2.05, 4.69) is 20.9 Å². The van der Waals surface area contributed by atoms with E-state index in [1.54, 1.807) is 13.2 Å². The molecule has 0 saturated carbocycles. The van der Waals surface area contributed by atoms with E-state index >= 15 is 0 Å². The number of benzene rings is 1. The standard InChI is InChI=1S/C14H14BrFN2O/c1-19-11-3-4-12(15)9(6-11)7-13(17)14-5-2-10(16)8-18-14/h2-6,8,13H,7,17H2,1H3. The molecule has 0 aliphatic carbocycles. The second kappa shape index (κ2) is 6.12. The summed E-state index contributed by atoms with van der Waals surface area (Å²) in [7, 11) is 1.62. The first-order valence-corrected chi connectivity index (χ1v) is 6.59. The van der Waals surface area contributed by atoms with E-state index in [0.29, 0.717) is 12.1 Å². The van der Waals surface area contributed by atoms with Gasteiger partial charge in [-0.05, 0) is 42.3 Å². The monoisotopic (exact) mass is 324 g/mol. The summed E-state index contributed by atoms with van der Waals surface area (Å²) in [6.07, 6.45) is 1.77. The second-order valence-electron chi connectivity index (χ2n) is 4.17. The van der Waals surface area contributed by atoms with Crippen LogP contribution in [0.4, 0.5) is 4.39 Å². The van der Waals surface area contributed by atoms with E-state index < -0.39 is 0 Å². The minimum atomic E-state index is -0.362. The topological polar surface area (TPSA) is 48.1 Å². The maximum atomic E-state index is 12.8. The lowest BCUT2D eigenvalue weighted by Crippen LogP contribution is -2.15. The van der Waals surface area contributed by atoms with Crippen LogP contribution in [0.1, 0.15) is 17.3 Å². The molecule has 3 nitrogen and oxygen atoms in total. The highest BCUT2D eigenvalue weighted by Crippen LogP contribution is 2.26. The third-order valence-corrected chi connectivity index (χ3v) is 3.60.